The Hall–Kier alpha value is 0. The van der Waals surface area contributed by atoms with E-state index in [-0.39, 0.29) is 0 Å². The van der Waals surface area contributed by atoms with Crippen LogP contribution in [0.2, 0.25) is 0 Å². The van der Waals surface area contributed by atoms with Gasteiger partial charge in [0.1, 0.15) is 0 Å². The Morgan fingerprint density at radius 3 is 0.557 bits per heavy atom. The molecule has 12 aliphatic carbocycles. The molecule has 12 rings (SSSR count). The van der Waals surface area contributed by atoms with Gasteiger partial charge in [0.2, 0.25) is 0 Å². The second-order valence-electron chi connectivity index (χ2n) is 26.9. The highest BCUT2D eigenvalue weighted by Gasteiger charge is 2.66. The molecule has 8 atom stereocenters. The molecule has 0 aliphatic heterocycles. The van der Waals surface area contributed by atoms with Crippen molar-refractivity contribution in [1.82, 2.24) is 0 Å². The van der Waals surface area contributed by atoms with Crippen molar-refractivity contribution in [2.75, 3.05) is 0 Å². The van der Waals surface area contributed by atoms with Crippen molar-refractivity contribution in [3.05, 3.63) is 0 Å². The lowest BCUT2D eigenvalue weighted by atomic mass is 9.34. The average Bonchev–Trinajstić information content (AvgIpc) is 3.23. The quantitative estimate of drug-likeness (QED) is 0.265. The van der Waals surface area contributed by atoms with Gasteiger partial charge in [-0.05, 0) is 184 Å². The van der Waals surface area contributed by atoms with Crippen LogP contribution in [0.25, 0.3) is 0 Å². The van der Waals surface area contributed by atoms with Crippen LogP contribution in [0.5, 0.6) is 0 Å². The van der Waals surface area contributed by atoms with Crippen LogP contribution in [0.15, 0.2) is 0 Å². The van der Waals surface area contributed by atoms with E-state index in [4.69, 9.17) is 0 Å². The predicted molar refractivity (Wildman–Crippen MR) is 261 cm³/mol. The van der Waals surface area contributed by atoms with Gasteiger partial charge in [-0.25, -0.2) is 0 Å². The minimum absolute atomic E-state index is 0.659. The monoisotopic (exact) mass is 837 g/mol. The number of fused-ring (bicyclic) bond motifs is 14. The van der Waals surface area contributed by atoms with E-state index in [2.05, 4.69) is 0 Å². The van der Waals surface area contributed by atoms with E-state index in [0.29, 0.717) is 10.8 Å². The molecule has 0 aromatic rings. The first-order valence-corrected chi connectivity index (χ1v) is 30.1. The molecule has 10 bridgehead atoms. The molecule has 348 valence electrons. The fraction of sp³-hybridized carbons (Fsp3) is 1.00. The van der Waals surface area contributed by atoms with E-state index in [1.54, 1.807) is 244 Å². The molecule has 0 saturated heterocycles. The lowest BCUT2D eigenvalue weighted by molar-refractivity contribution is -0.214. The van der Waals surface area contributed by atoms with E-state index in [1.807, 2.05) is 0 Å². The van der Waals surface area contributed by atoms with Crippen molar-refractivity contribution < 1.29 is 0 Å². The SMILES string of the molecule is C1CC2CCCC(C1)CCC2.C1CCCCCCC(C2CC3CCCC(C3)C2)(C2CC3CCCC(C3)C2)C(C2CC3CCCC(C3)C2)(C2CC3CCCC(C3)C2)CCCCC1. The lowest BCUT2D eigenvalue weighted by Crippen LogP contribution is -2.63. The molecule has 0 heteroatoms. The summed E-state index contributed by atoms with van der Waals surface area (Å²) in [6, 6.07) is 0. The lowest BCUT2D eigenvalue weighted by Gasteiger charge is -2.70. The van der Waals surface area contributed by atoms with Gasteiger partial charge in [-0.2, -0.15) is 0 Å². The third kappa shape index (κ3) is 10.3. The van der Waals surface area contributed by atoms with Gasteiger partial charge in [0.15, 0.2) is 0 Å². The highest BCUT2D eigenvalue weighted by molar-refractivity contribution is 5.15. The zero-order chi connectivity index (χ0) is 40.9. The molecule has 12 aliphatic rings. The topological polar surface area (TPSA) is 0 Å². The Morgan fingerprint density at radius 1 is 0.164 bits per heavy atom. The highest BCUT2D eigenvalue weighted by atomic mass is 14.7. The number of hydrogen-bond acceptors (Lipinski definition) is 0. The summed E-state index contributed by atoms with van der Waals surface area (Å²) in [6.07, 6.45) is 72.1. The van der Waals surface area contributed by atoms with Crippen molar-refractivity contribution in [1.29, 1.82) is 0 Å². The molecule has 0 N–H and O–H groups in total. The molecule has 61 heavy (non-hydrogen) atoms. The van der Waals surface area contributed by atoms with Gasteiger partial charge >= 0.3 is 0 Å². The normalized spacial score (nSPS) is 48.8. The van der Waals surface area contributed by atoms with Crippen molar-refractivity contribution in [3.8, 4) is 0 Å². The smallest absolute Gasteiger partial charge is 0.0179 e. The average molecular weight is 838 g/mol. The Balaban J connectivity index is 0.000000351. The Morgan fingerprint density at radius 2 is 0.344 bits per heavy atom. The summed E-state index contributed by atoms with van der Waals surface area (Å²) in [7, 11) is 0. The number of rotatable bonds is 4. The third-order valence-electron chi connectivity index (χ3n) is 23.4. The van der Waals surface area contributed by atoms with Crippen LogP contribution in [0.3, 0.4) is 0 Å². The molecule has 0 aromatic carbocycles. The molecule has 12 fully saturated rings. The predicted octanol–water partition coefficient (Wildman–Crippen LogP) is 19.3. The van der Waals surface area contributed by atoms with E-state index in [9.17, 15) is 0 Å². The van der Waals surface area contributed by atoms with Gasteiger partial charge in [0.05, 0.1) is 0 Å². The van der Waals surface area contributed by atoms with Crippen LogP contribution in [-0.4, -0.2) is 0 Å². The van der Waals surface area contributed by atoms with Gasteiger partial charge < -0.3 is 0 Å². The van der Waals surface area contributed by atoms with Gasteiger partial charge in [-0.15, -0.1) is 0 Å². The van der Waals surface area contributed by atoms with Crippen LogP contribution in [0, 0.1) is 93.7 Å². The first-order chi connectivity index (χ1) is 30.1. The van der Waals surface area contributed by atoms with E-state index >= 15 is 0 Å². The summed E-state index contributed by atoms with van der Waals surface area (Å²) < 4.78 is 0. The highest BCUT2D eigenvalue weighted by Crippen LogP contribution is 2.74. The zero-order valence-electron chi connectivity index (χ0n) is 40.9. The minimum atomic E-state index is 0.659. The second kappa shape index (κ2) is 21.3. The number of hydrogen-bond donors (Lipinski definition) is 0. The molecule has 12 saturated carbocycles. The van der Waals surface area contributed by atoms with Gasteiger partial charge in [0.25, 0.3) is 0 Å². The maximum absolute atomic E-state index is 1.69. The maximum atomic E-state index is 1.69. The zero-order valence-corrected chi connectivity index (χ0v) is 40.9. The van der Waals surface area contributed by atoms with E-state index in [0.717, 1.165) is 82.9 Å². The van der Waals surface area contributed by atoms with Crippen molar-refractivity contribution in [2.45, 2.75) is 289 Å². The Bertz CT molecular complexity index is 1080. The Kier molecular flexibility index (Phi) is 15.7. The molecule has 0 aromatic heterocycles. The standard InChI is InChI=1S/C50H84.C11H20/c1-2-4-6-8-10-24-50(47-33-41-19-13-20-42(27-41)34-47,48-35-43-21-14-22-44(28-43)36-48)49(23-9-7-5-3-1,45-29-37-15-11-16-38(25-37)30-45)46-31-39-17-12-18-40(26-39)32-46;1-4-10-6-2-7-11(5-1)9-3-8-10/h37-48H,1-36H2;10-11H,1-9H2. The van der Waals surface area contributed by atoms with Crippen LogP contribution in [0.4, 0.5) is 0 Å². The fourth-order valence-corrected chi connectivity index (χ4v) is 21.3. The van der Waals surface area contributed by atoms with Crippen molar-refractivity contribution in [2.24, 2.45) is 93.7 Å². The van der Waals surface area contributed by atoms with Crippen molar-refractivity contribution >= 4 is 0 Å². The van der Waals surface area contributed by atoms with E-state index in [1.165, 1.54) is 44.9 Å². The Labute approximate surface area is 381 Å². The molecular weight excluding hydrogens is 733 g/mol. The summed E-state index contributed by atoms with van der Waals surface area (Å²) in [6.45, 7) is 0. The summed E-state index contributed by atoms with van der Waals surface area (Å²) in [4.78, 5) is 0. The largest absolute Gasteiger partial charge is 0.0533 e. The molecule has 0 nitrogen and oxygen atoms in total. The molecular formula is C61H104. The maximum Gasteiger partial charge on any atom is -0.0179 e. The van der Waals surface area contributed by atoms with Crippen LogP contribution >= 0.6 is 0 Å². The third-order valence-corrected chi connectivity index (χ3v) is 23.4. The molecule has 0 amide bonds. The van der Waals surface area contributed by atoms with Crippen molar-refractivity contribution in [3.63, 3.8) is 0 Å². The fourth-order valence-electron chi connectivity index (χ4n) is 21.3. The molecule has 0 spiro atoms. The first-order valence-electron chi connectivity index (χ1n) is 30.1. The van der Waals surface area contributed by atoms with Gasteiger partial charge in [-0.1, -0.05) is 199 Å². The summed E-state index contributed by atoms with van der Waals surface area (Å²) >= 11 is 0. The summed E-state index contributed by atoms with van der Waals surface area (Å²) in [5.41, 5.74) is 1.32. The minimum Gasteiger partial charge on any atom is -0.0533 e. The van der Waals surface area contributed by atoms with Gasteiger partial charge in [-0.3, -0.25) is 0 Å². The van der Waals surface area contributed by atoms with Crippen LogP contribution < -0.4 is 0 Å². The van der Waals surface area contributed by atoms with E-state index < -0.39 is 0 Å². The molecule has 0 heterocycles. The second-order valence-corrected chi connectivity index (χ2v) is 26.9. The van der Waals surface area contributed by atoms with Crippen LogP contribution in [0.1, 0.15) is 289 Å². The summed E-state index contributed by atoms with van der Waals surface area (Å²) in [5.74, 6) is 15.3. The van der Waals surface area contributed by atoms with Gasteiger partial charge in [0, 0.05) is 0 Å². The molecule has 8 unspecified atom stereocenters. The molecule has 0 radical (unpaired) electrons. The first kappa shape index (κ1) is 44.8. The van der Waals surface area contributed by atoms with Crippen LogP contribution in [-0.2, 0) is 0 Å². The summed E-state index contributed by atoms with van der Waals surface area (Å²) in [5, 5.41) is 0.